The molecule has 1 heterocycles. The van der Waals surface area contributed by atoms with E-state index in [2.05, 4.69) is 25.9 Å². The van der Waals surface area contributed by atoms with Crippen molar-refractivity contribution in [3.63, 3.8) is 0 Å². The summed E-state index contributed by atoms with van der Waals surface area (Å²) in [7, 11) is 0. The summed E-state index contributed by atoms with van der Waals surface area (Å²) >= 11 is 5.00. The topological polar surface area (TPSA) is 42.9 Å². The molecule has 0 fully saturated rings. The highest BCUT2D eigenvalue weighted by Crippen LogP contribution is 2.33. The van der Waals surface area contributed by atoms with Gasteiger partial charge < -0.3 is 0 Å². The van der Waals surface area contributed by atoms with Crippen molar-refractivity contribution >= 4 is 44.4 Å². The van der Waals surface area contributed by atoms with Crippen LogP contribution in [0.1, 0.15) is 17.3 Å². The van der Waals surface area contributed by atoms with E-state index >= 15 is 0 Å². The van der Waals surface area contributed by atoms with Crippen LogP contribution in [0.4, 0.5) is 0 Å². The number of carbonyl (C=O) groups excluding carboxylic acids is 1. The van der Waals surface area contributed by atoms with Crippen molar-refractivity contribution in [1.82, 2.24) is 9.97 Å². The molecule has 21 heavy (non-hydrogen) atoms. The molecule has 0 saturated carbocycles. The zero-order valence-corrected chi connectivity index (χ0v) is 13.6. The largest absolute Gasteiger partial charge is 0.294 e. The van der Waals surface area contributed by atoms with E-state index < -0.39 is 0 Å². The van der Waals surface area contributed by atoms with Gasteiger partial charge in [0.25, 0.3) is 0 Å². The fraction of sp³-hybridized carbons (Fsp3) is 0.0625. The lowest BCUT2D eigenvalue weighted by molar-refractivity contribution is 0.101. The number of hydrogen-bond donors (Lipinski definition) is 0. The number of nitrogens with zero attached hydrogens (tertiary/aromatic N) is 2. The first-order chi connectivity index (χ1) is 10.1. The number of Topliss-reactive ketones (excluding diaryl/α,β-unsaturated/α-hetero) is 1. The van der Waals surface area contributed by atoms with Crippen molar-refractivity contribution in [2.45, 2.75) is 16.8 Å². The normalized spacial score (nSPS) is 10.8. The minimum atomic E-state index is 0.0471. The van der Waals surface area contributed by atoms with Crippen molar-refractivity contribution < 1.29 is 4.79 Å². The Bertz CT molecular complexity index is 830. The van der Waals surface area contributed by atoms with Gasteiger partial charge in [0.15, 0.2) is 5.78 Å². The fourth-order valence-electron chi connectivity index (χ4n) is 2.02. The predicted octanol–water partition coefficient (Wildman–Crippen LogP) is 4.75. The number of ketones is 1. The van der Waals surface area contributed by atoms with E-state index in [1.54, 1.807) is 25.0 Å². The van der Waals surface area contributed by atoms with Gasteiger partial charge in [-0.05, 0) is 31.2 Å². The van der Waals surface area contributed by atoms with Crippen LogP contribution in [0, 0.1) is 0 Å². The van der Waals surface area contributed by atoms with Crippen molar-refractivity contribution in [3.05, 3.63) is 58.8 Å². The van der Waals surface area contributed by atoms with Crippen molar-refractivity contribution in [3.8, 4) is 0 Å². The molecule has 0 amide bonds. The number of para-hydroxylation sites is 1. The lowest BCUT2D eigenvalue weighted by atomic mass is 10.2. The van der Waals surface area contributed by atoms with Gasteiger partial charge in [-0.15, -0.1) is 0 Å². The van der Waals surface area contributed by atoms with Crippen molar-refractivity contribution in [2.75, 3.05) is 0 Å². The summed E-state index contributed by atoms with van der Waals surface area (Å²) in [5.41, 5.74) is 1.61. The highest BCUT2D eigenvalue weighted by atomic mass is 79.9. The van der Waals surface area contributed by atoms with E-state index in [9.17, 15) is 4.79 Å². The van der Waals surface area contributed by atoms with E-state index in [0.717, 1.165) is 25.3 Å². The van der Waals surface area contributed by atoms with Crippen LogP contribution < -0.4 is 0 Å². The molecular formula is C16H11BrN2OS. The molecule has 3 aromatic rings. The highest BCUT2D eigenvalue weighted by molar-refractivity contribution is 9.10. The average Bonchev–Trinajstić information content (AvgIpc) is 2.47. The molecule has 3 nitrogen and oxygen atoms in total. The van der Waals surface area contributed by atoms with Crippen LogP contribution in [0.5, 0.6) is 0 Å². The number of hydrogen-bond acceptors (Lipinski definition) is 4. The van der Waals surface area contributed by atoms with Crippen LogP contribution in [-0.2, 0) is 0 Å². The Labute approximate surface area is 134 Å². The highest BCUT2D eigenvalue weighted by Gasteiger charge is 2.09. The predicted molar refractivity (Wildman–Crippen MR) is 87.8 cm³/mol. The fourth-order valence-corrected chi connectivity index (χ4v) is 3.75. The Kier molecular flexibility index (Phi) is 4.03. The lowest BCUT2D eigenvalue weighted by Crippen LogP contribution is -1.93. The molecule has 0 bridgehead atoms. The number of rotatable bonds is 3. The van der Waals surface area contributed by atoms with Gasteiger partial charge in [-0.3, -0.25) is 4.79 Å². The number of carbonyl (C=O) groups is 1. The van der Waals surface area contributed by atoms with Gasteiger partial charge in [0.1, 0.15) is 11.4 Å². The zero-order valence-electron chi connectivity index (χ0n) is 11.2. The van der Waals surface area contributed by atoms with Crippen LogP contribution >= 0.6 is 27.7 Å². The SMILES string of the molecule is CC(=O)c1ccc(Sc2ncnc3ccccc23)cc1Br. The molecule has 0 spiro atoms. The van der Waals surface area contributed by atoms with E-state index in [1.807, 2.05) is 42.5 Å². The Balaban J connectivity index is 1.99. The Hall–Kier alpha value is -1.72. The molecule has 0 radical (unpaired) electrons. The maximum Gasteiger partial charge on any atom is 0.160 e. The van der Waals surface area contributed by atoms with Gasteiger partial charge in [-0.25, -0.2) is 9.97 Å². The van der Waals surface area contributed by atoms with Gasteiger partial charge in [0, 0.05) is 20.3 Å². The van der Waals surface area contributed by atoms with Gasteiger partial charge in [0.2, 0.25) is 0 Å². The zero-order chi connectivity index (χ0) is 14.8. The Morgan fingerprint density at radius 1 is 1.14 bits per heavy atom. The van der Waals surface area contributed by atoms with Gasteiger partial charge in [-0.1, -0.05) is 45.9 Å². The standard InChI is InChI=1S/C16H11BrN2OS/c1-10(20)12-7-6-11(8-14(12)17)21-16-13-4-2-3-5-15(13)18-9-19-16/h2-9H,1H3. The van der Waals surface area contributed by atoms with Crippen LogP contribution in [0.3, 0.4) is 0 Å². The summed E-state index contributed by atoms with van der Waals surface area (Å²) in [4.78, 5) is 21.1. The molecule has 5 heteroatoms. The molecule has 104 valence electrons. The first-order valence-electron chi connectivity index (χ1n) is 6.33. The number of halogens is 1. The molecule has 0 saturated heterocycles. The van der Waals surface area contributed by atoms with Crippen molar-refractivity contribution in [2.24, 2.45) is 0 Å². The molecule has 0 atom stereocenters. The quantitative estimate of drug-likeness (QED) is 0.500. The minimum absolute atomic E-state index is 0.0471. The molecule has 1 aromatic heterocycles. The number of benzene rings is 2. The molecule has 0 aliphatic rings. The average molecular weight is 359 g/mol. The van der Waals surface area contributed by atoms with Gasteiger partial charge >= 0.3 is 0 Å². The second kappa shape index (κ2) is 5.95. The molecular weight excluding hydrogens is 348 g/mol. The van der Waals surface area contributed by atoms with Crippen LogP contribution in [0.15, 0.2) is 63.2 Å². The second-order valence-electron chi connectivity index (χ2n) is 4.50. The first kappa shape index (κ1) is 14.2. The first-order valence-corrected chi connectivity index (χ1v) is 7.94. The molecule has 0 N–H and O–H groups in total. The number of aromatic nitrogens is 2. The summed E-state index contributed by atoms with van der Waals surface area (Å²) in [6.45, 7) is 1.56. The molecule has 0 unspecified atom stereocenters. The van der Waals surface area contributed by atoms with Crippen LogP contribution in [0.25, 0.3) is 10.9 Å². The number of fused-ring (bicyclic) bond motifs is 1. The molecule has 0 aliphatic carbocycles. The van der Waals surface area contributed by atoms with Crippen LogP contribution in [-0.4, -0.2) is 15.8 Å². The van der Waals surface area contributed by atoms with Crippen molar-refractivity contribution in [1.29, 1.82) is 0 Å². The second-order valence-corrected chi connectivity index (χ2v) is 6.41. The minimum Gasteiger partial charge on any atom is -0.294 e. The summed E-state index contributed by atoms with van der Waals surface area (Å²) in [5, 5.41) is 1.93. The molecule has 0 aliphatic heterocycles. The van der Waals surface area contributed by atoms with Crippen LogP contribution in [0.2, 0.25) is 0 Å². The third-order valence-corrected chi connectivity index (χ3v) is 4.71. The van der Waals surface area contributed by atoms with E-state index in [4.69, 9.17) is 0 Å². The lowest BCUT2D eigenvalue weighted by Gasteiger charge is -2.06. The molecule has 2 aromatic carbocycles. The maximum atomic E-state index is 11.5. The van der Waals surface area contributed by atoms with Gasteiger partial charge in [-0.2, -0.15) is 0 Å². The third-order valence-electron chi connectivity index (χ3n) is 3.04. The summed E-state index contributed by atoms with van der Waals surface area (Å²) in [5.74, 6) is 0.0471. The van der Waals surface area contributed by atoms with E-state index in [-0.39, 0.29) is 5.78 Å². The van der Waals surface area contributed by atoms with E-state index in [1.165, 1.54) is 0 Å². The molecule has 3 rings (SSSR count). The summed E-state index contributed by atoms with van der Waals surface area (Å²) in [6.07, 6.45) is 1.57. The maximum absolute atomic E-state index is 11.5. The summed E-state index contributed by atoms with van der Waals surface area (Å²) < 4.78 is 0.804. The smallest absolute Gasteiger partial charge is 0.160 e. The Morgan fingerprint density at radius 2 is 1.95 bits per heavy atom. The third kappa shape index (κ3) is 2.99. The summed E-state index contributed by atoms with van der Waals surface area (Å²) in [6, 6.07) is 13.6. The monoisotopic (exact) mass is 358 g/mol. The van der Waals surface area contributed by atoms with Gasteiger partial charge in [0.05, 0.1) is 5.52 Å². The van der Waals surface area contributed by atoms with E-state index in [0.29, 0.717) is 5.56 Å². The Morgan fingerprint density at radius 3 is 2.71 bits per heavy atom.